The average Bonchev–Trinajstić information content (AvgIpc) is 3.33. The molecule has 0 aromatic heterocycles. The fourth-order valence-corrected chi connectivity index (χ4v) is 4.05. The number of halogens is 2. The van der Waals surface area contributed by atoms with Crippen LogP contribution in [0.5, 0.6) is 0 Å². The van der Waals surface area contributed by atoms with Gasteiger partial charge in [-0.15, -0.1) is 0 Å². The normalized spacial score (nSPS) is 18.5. The van der Waals surface area contributed by atoms with Crippen molar-refractivity contribution in [2.75, 3.05) is 20.3 Å². The standard InChI is InChI=1S/C21H23Cl2N3O2/c1-27-7-6-26-20(15-3-4-16-12-28-13-17(16)9-15)11-25-21(26)24-10-14-2-5-18(22)19(23)8-14/h2-5,8-9,11,21,24-25H,6-7,10,12-13H2,1H3/p+2/t21-/m0/s1. The van der Waals surface area contributed by atoms with Gasteiger partial charge >= 0.3 is 0 Å². The lowest BCUT2D eigenvalue weighted by Gasteiger charge is -2.24. The molecule has 0 aliphatic carbocycles. The summed E-state index contributed by atoms with van der Waals surface area (Å²) in [5.74, 6) is 0. The first kappa shape index (κ1) is 19.7. The number of methoxy groups -OCH3 is 1. The molecule has 2 aromatic carbocycles. The van der Waals surface area contributed by atoms with Crippen LogP contribution in [0.4, 0.5) is 0 Å². The van der Waals surface area contributed by atoms with E-state index in [1.807, 2.05) is 18.2 Å². The number of quaternary nitrogens is 2. The van der Waals surface area contributed by atoms with E-state index >= 15 is 0 Å². The molecule has 0 saturated carbocycles. The van der Waals surface area contributed by atoms with E-state index in [9.17, 15) is 0 Å². The number of benzene rings is 2. The number of hydrogen-bond donors (Lipinski definition) is 2. The van der Waals surface area contributed by atoms with Crippen molar-refractivity contribution in [2.45, 2.75) is 26.0 Å². The molecule has 0 fully saturated rings. The summed E-state index contributed by atoms with van der Waals surface area (Å²) in [6, 6.07) is 12.4. The van der Waals surface area contributed by atoms with Crippen LogP contribution in [0.1, 0.15) is 22.3 Å². The Hall–Kier alpha value is -1.60. The molecule has 4 N–H and O–H groups in total. The molecule has 4 rings (SSSR count). The highest BCUT2D eigenvalue weighted by atomic mass is 35.5. The molecule has 0 spiro atoms. The van der Waals surface area contributed by atoms with Gasteiger partial charge in [-0.3, -0.25) is 10.2 Å². The molecular formula is C21H25Cl2N3O2+2. The summed E-state index contributed by atoms with van der Waals surface area (Å²) in [6.07, 6.45) is 2.42. The first-order valence-electron chi connectivity index (χ1n) is 9.43. The lowest BCUT2D eigenvalue weighted by molar-refractivity contribution is -0.897. The van der Waals surface area contributed by atoms with E-state index in [1.165, 1.54) is 22.4 Å². The molecule has 0 radical (unpaired) electrons. The minimum atomic E-state index is 0.212. The van der Waals surface area contributed by atoms with Gasteiger partial charge in [-0.1, -0.05) is 41.4 Å². The average molecular weight is 422 g/mol. The molecule has 7 heteroatoms. The maximum Gasteiger partial charge on any atom is 0.298 e. The minimum Gasteiger partial charge on any atom is -0.383 e. The first-order chi connectivity index (χ1) is 13.7. The van der Waals surface area contributed by atoms with E-state index < -0.39 is 0 Å². The van der Waals surface area contributed by atoms with E-state index in [0.29, 0.717) is 29.9 Å². The van der Waals surface area contributed by atoms with E-state index in [-0.39, 0.29) is 6.29 Å². The van der Waals surface area contributed by atoms with Gasteiger partial charge in [-0.25, -0.2) is 5.32 Å². The summed E-state index contributed by atoms with van der Waals surface area (Å²) in [5.41, 5.74) is 6.17. The van der Waals surface area contributed by atoms with Gasteiger partial charge in [0.1, 0.15) is 18.4 Å². The SMILES string of the molecule is COCCN1C(c2ccc3c(c2)COC3)=C[NH2+][C@@H]1[NH2+]Cc1ccc(Cl)c(Cl)c1. The Labute approximate surface area is 175 Å². The highest BCUT2D eigenvalue weighted by Crippen LogP contribution is 2.27. The molecule has 0 saturated heterocycles. The van der Waals surface area contributed by atoms with Crippen LogP contribution in [0, 0.1) is 0 Å². The third-order valence-electron chi connectivity index (χ3n) is 5.25. The molecule has 1 atom stereocenters. The molecule has 28 heavy (non-hydrogen) atoms. The molecule has 0 bridgehead atoms. The van der Waals surface area contributed by atoms with Gasteiger partial charge in [0, 0.05) is 18.2 Å². The van der Waals surface area contributed by atoms with Crippen LogP contribution >= 0.6 is 23.2 Å². The summed E-state index contributed by atoms with van der Waals surface area (Å²) in [7, 11) is 1.74. The van der Waals surface area contributed by atoms with Crippen LogP contribution in [0.2, 0.25) is 10.0 Å². The second-order valence-electron chi connectivity index (χ2n) is 7.09. The van der Waals surface area contributed by atoms with E-state index in [2.05, 4.69) is 39.9 Å². The van der Waals surface area contributed by atoms with Gasteiger partial charge in [-0.05, 0) is 29.3 Å². The summed E-state index contributed by atoms with van der Waals surface area (Å²) >= 11 is 12.2. The van der Waals surface area contributed by atoms with Crippen molar-refractivity contribution in [2.24, 2.45) is 0 Å². The Morgan fingerprint density at radius 1 is 1.14 bits per heavy atom. The minimum absolute atomic E-state index is 0.212. The maximum atomic E-state index is 6.15. The fourth-order valence-electron chi connectivity index (χ4n) is 3.73. The van der Waals surface area contributed by atoms with Crippen LogP contribution in [-0.2, 0) is 29.2 Å². The molecule has 0 unspecified atom stereocenters. The smallest absolute Gasteiger partial charge is 0.298 e. The number of nitrogens with two attached hydrogens (primary N) is 2. The number of ether oxygens (including phenoxy) is 2. The lowest BCUT2D eigenvalue weighted by Crippen LogP contribution is -3.10. The van der Waals surface area contributed by atoms with Crippen LogP contribution in [0.15, 0.2) is 42.6 Å². The van der Waals surface area contributed by atoms with E-state index in [4.69, 9.17) is 32.7 Å². The summed E-state index contributed by atoms with van der Waals surface area (Å²) in [4.78, 5) is 2.39. The fraction of sp³-hybridized carbons (Fsp3) is 0.333. The summed E-state index contributed by atoms with van der Waals surface area (Å²) in [6.45, 7) is 3.74. The van der Waals surface area contributed by atoms with Gasteiger partial charge in [0.25, 0.3) is 6.29 Å². The van der Waals surface area contributed by atoms with Crippen LogP contribution in [0.3, 0.4) is 0 Å². The Morgan fingerprint density at radius 3 is 2.82 bits per heavy atom. The quantitative estimate of drug-likeness (QED) is 0.717. The second kappa shape index (κ2) is 8.82. The highest BCUT2D eigenvalue weighted by molar-refractivity contribution is 6.42. The Kier molecular flexibility index (Phi) is 6.21. The van der Waals surface area contributed by atoms with Crippen molar-refractivity contribution in [3.8, 4) is 0 Å². The van der Waals surface area contributed by atoms with Crippen molar-refractivity contribution in [3.05, 3.63) is 74.9 Å². The zero-order valence-electron chi connectivity index (χ0n) is 15.8. The second-order valence-corrected chi connectivity index (χ2v) is 7.90. The molecule has 0 amide bonds. The van der Waals surface area contributed by atoms with Crippen LogP contribution in [-0.4, -0.2) is 31.5 Å². The van der Waals surface area contributed by atoms with Crippen molar-refractivity contribution in [3.63, 3.8) is 0 Å². The Balaban J connectivity index is 1.48. The predicted molar refractivity (Wildman–Crippen MR) is 109 cm³/mol. The van der Waals surface area contributed by atoms with Crippen molar-refractivity contribution in [1.82, 2.24) is 4.90 Å². The van der Waals surface area contributed by atoms with Gasteiger partial charge in [-0.2, -0.15) is 0 Å². The van der Waals surface area contributed by atoms with E-state index in [1.54, 1.807) is 7.11 Å². The Bertz CT molecular complexity index is 888. The van der Waals surface area contributed by atoms with Crippen molar-refractivity contribution < 1.29 is 20.1 Å². The van der Waals surface area contributed by atoms with Crippen LogP contribution in [0.25, 0.3) is 5.70 Å². The third-order valence-corrected chi connectivity index (χ3v) is 5.99. The molecule has 148 valence electrons. The van der Waals surface area contributed by atoms with Crippen LogP contribution < -0.4 is 10.6 Å². The van der Waals surface area contributed by atoms with Crippen molar-refractivity contribution in [1.29, 1.82) is 0 Å². The Morgan fingerprint density at radius 2 is 2.00 bits per heavy atom. The predicted octanol–water partition coefficient (Wildman–Crippen LogP) is 1.89. The largest absolute Gasteiger partial charge is 0.383 e. The highest BCUT2D eigenvalue weighted by Gasteiger charge is 2.33. The van der Waals surface area contributed by atoms with E-state index in [0.717, 1.165) is 18.7 Å². The monoisotopic (exact) mass is 421 g/mol. The lowest BCUT2D eigenvalue weighted by atomic mass is 10.0. The first-order valence-corrected chi connectivity index (χ1v) is 10.2. The number of nitrogens with zero attached hydrogens (tertiary/aromatic N) is 1. The van der Waals surface area contributed by atoms with Gasteiger partial charge in [0.2, 0.25) is 0 Å². The molecular weight excluding hydrogens is 397 g/mol. The number of rotatable bonds is 7. The molecule has 5 nitrogen and oxygen atoms in total. The summed E-state index contributed by atoms with van der Waals surface area (Å²) in [5, 5.41) is 5.73. The maximum absolute atomic E-state index is 6.15. The summed E-state index contributed by atoms with van der Waals surface area (Å²) < 4.78 is 10.9. The third kappa shape index (κ3) is 4.20. The zero-order valence-corrected chi connectivity index (χ0v) is 17.3. The van der Waals surface area contributed by atoms with Gasteiger partial charge in [0.15, 0.2) is 0 Å². The number of fused-ring (bicyclic) bond motifs is 1. The van der Waals surface area contributed by atoms with Gasteiger partial charge in [0.05, 0.1) is 36.4 Å². The van der Waals surface area contributed by atoms with Crippen molar-refractivity contribution >= 4 is 28.9 Å². The number of hydrogen-bond acceptors (Lipinski definition) is 3. The molecule has 2 aliphatic rings. The molecule has 2 heterocycles. The molecule has 2 aliphatic heterocycles. The van der Waals surface area contributed by atoms with Gasteiger partial charge < -0.3 is 9.47 Å². The topological polar surface area (TPSA) is 54.9 Å². The molecule has 2 aromatic rings. The zero-order chi connectivity index (χ0) is 19.5.